The predicted molar refractivity (Wildman–Crippen MR) is 58.6 cm³/mol. The molecule has 0 aromatic carbocycles. The van der Waals surface area contributed by atoms with Crippen LogP contribution in [0.5, 0.6) is 0 Å². The minimum atomic E-state index is 0.00227. The van der Waals surface area contributed by atoms with Crippen molar-refractivity contribution < 1.29 is 14.3 Å². The van der Waals surface area contributed by atoms with Gasteiger partial charge in [-0.1, -0.05) is 6.92 Å². The summed E-state index contributed by atoms with van der Waals surface area (Å²) in [6.45, 7) is 5.34. The van der Waals surface area contributed by atoms with Gasteiger partial charge in [-0.3, -0.25) is 4.79 Å². The van der Waals surface area contributed by atoms with Crippen molar-refractivity contribution in [2.24, 2.45) is 5.73 Å². The van der Waals surface area contributed by atoms with Gasteiger partial charge in [-0.25, -0.2) is 0 Å². The molecule has 0 aromatic rings. The Kier molecular flexibility index (Phi) is 10.9. The molecule has 5 nitrogen and oxygen atoms in total. The highest BCUT2D eigenvalue weighted by atomic mass is 16.5. The van der Waals surface area contributed by atoms with Crippen LogP contribution in [0.1, 0.15) is 19.8 Å². The summed E-state index contributed by atoms with van der Waals surface area (Å²) in [6, 6.07) is 0. The Morgan fingerprint density at radius 1 is 1.20 bits per heavy atom. The van der Waals surface area contributed by atoms with Crippen molar-refractivity contribution >= 4 is 5.91 Å². The van der Waals surface area contributed by atoms with Crippen LogP contribution in [0.15, 0.2) is 0 Å². The highest BCUT2D eigenvalue weighted by Gasteiger charge is 1.99. The molecular weight excluding hydrogens is 196 g/mol. The minimum absolute atomic E-state index is 0.00227. The van der Waals surface area contributed by atoms with E-state index in [1.807, 2.05) is 6.92 Å². The lowest BCUT2D eigenvalue weighted by molar-refractivity contribution is -0.122. The maximum Gasteiger partial charge on any atom is 0.222 e. The number of nitrogens with one attached hydrogen (secondary N) is 1. The molecule has 0 heterocycles. The first-order valence-corrected chi connectivity index (χ1v) is 5.43. The van der Waals surface area contributed by atoms with Crippen LogP contribution in [0.4, 0.5) is 0 Å². The molecule has 0 saturated carbocycles. The summed E-state index contributed by atoms with van der Waals surface area (Å²) in [4.78, 5) is 11.2. The molecule has 0 aliphatic rings. The van der Waals surface area contributed by atoms with Crippen molar-refractivity contribution in [2.75, 3.05) is 39.5 Å². The molecule has 0 rings (SSSR count). The van der Waals surface area contributed by atoms with Gasteiger partial charge >= 0.3 is 0 Å². The summed E-state index contributed by atoms with van der Waals surface area (Å²) in [6.07, 6.45) is 1.39. The standard InChI is InChI=1S/C10H22N2O3/c1-2-6-14-7-3-10(13)12-5-9-15-8-4-11/h2-9,11H2,1H3,(H,12,13). The van der Waals surface area contributed by atoms with E-state index in [2.05, 4.69) is 5.32 Å². The Morgan fingerprint density at radius 2 is 1.93 bits per heavy atom. The molecule has 3 N–H and O–H groups in total. The van der Waals surface area contributed by atoms with Crippen molar-refractivity contribution in [2.45, 2.75) is 19.8 Å². The summed E-state index contributed by atoms with van der Waals surface area (Å²) in [5.74, 6) is 0.00227. The summed E-state index contributed by atoms with van der Waals surface area (Å²) in [7, 11) is 0. The second kappa shape index (κ2) is 11.4. The maximum atomic E-state index is 11.2. The van der Waals surface area contributed by atoms with Crippen LogP contribution < -0.4 is 11.1 Å². The highest BCUT2D eigenvalue weighted by Crippen LogP contribution is 1.85. The van der Waals surface area contributed by atoms with Gasteiger partial charge in [-0.15, -0.1) is 0 Å². The van der Waals surface area contributed by atoms with Gasteiger partial charge in [-0.05, 0) is 6.42 Å². The third kappa shape index (κ3) is 11.3. The van der Waals surface area contributed by atoms with Crippen LogP contribution in [-0.4, -0.2) is 45.4 Å². The third-order valence-electron chi connectivity index (χ3n) is 1.65. The summed E-state index contributed by atoms with van der Waals surface area (Å²) < 4.78 is 10.3. The van der Waals surface area contributed by atoms with Crippen LogP contribution in [0.25, 0.3) is 0 Å². The number of carbonyl (C=O) groups is 1. The molecule has 90 valence electrons. The molecule has 5 heteroatoms. The number of hydrogen-bond acceptors (Lipinski definition) is 4. The van der Waals surface area contributed by atoms with Crippen LogP contribution in [0.3, 0.4) is 0 Å². The molecule has 0 saturated heterocycles. The average molecular weight is 218 g/mol. The monoisotopic (exact) mass is 218 g/mol. The van der Waals surface area contributed by atoms with Gasteiger partial charge in [0.2, 0.25) is 5.91 Å². The molecule has 0 aromatic heterocycles. The first-order valence-electron chi connectivity index (χ1n) is 5.43. The fraction of sp³-hybridized carbons (Fsp3) is 0.900. The SMILES string of the molecule is CCCOCCC(=O)NCCOCCN. The fourth-order valence-corrected chi connectivity index (χ4v) is 0.948. The van der Waals surface area contributed by atoms with Crippen LogP contribution >= 0.6 is 0 Å². The number of ether oxygens (including phenoxy) is 2. The van der Waals surface area contributed by atoms with Gasteiger partial charge in [0, 0.05) is 26.1 Å². The molecule has 0 radical (unpaired) electrons. The van der Waals surface area contributed by atoms with Gasteiger partial charge in [0.25, 0.3) is 0 Å². The van der Waals surface area contributed by atoms with Gasteiger partial charge in [0.05, 0.1) is 19.8 Å². The molecule has 0 unspecified atom stereocenters. The predicted octanol–water partition coefficient (Wildman–Crippen LogP) is -0.105. The number of hydrogen-bond donors (Lipinski definition) is 2. The fourth-order valence-electron chi connectivity index (χ4n) is 0.948. The van der Waals surface area contributed by atoms with E-state index >= 15 is 0 Å². The molecule has 0 fully saturated rings. The Hall–Kier alpha value is -0.650. The largest absolute Gasteiger partial charge is 0.381 e. The van der Waals surface area contributed by atoms with Gasteiger partial charge in [0.1, 0.15) is 0 Å². The molecule has 0 aliphatic carbocycles. The van der Waals surface area contributed by atoms with E-state index in [4.69, 9.17) is 15.2 Å². The molecule has 0 bridgehead atoms. The van der Waals surface area contributed by atoms with Crippen LogP contribution in [0, 0.1) is 0 Å². The number of amides is 1. The zero-order valence-electron chi connectivity index (χ0n) is 9.46. The van der Waals surface area contributed by atoms with E-state index < -0.39 is 0 Å². The van der Waals surface area contributed by atoms with Crippen molar-refractivity contribution in [3.05, 3.63) is 0 Å². The number of carbonyl (C=O) groups excluding carboxylic acids is 1. The zero-order chi connectivity index (χ0) is 11.4. The first kappa shape index (κ1) is 14.3. The maximum absolute atomic E-state index is 11.2. The van der Waals surface area contributed by atoms with E-state index in [0.29, 0.717) is 45.9 Å². The number of rotatable bonds is 10. The van der Waals surface area contributed by atoms with E-state index in [9.17, 15) is 4.79 Å². The van der Waals surface area contributed by atoms with Crippen molar-refractivity contribution in [1.82, 2.24) is 5.32 Å². The molecule has 1 amide bonds. The lowest BCUT2D eigenvalue weighted by Gasteiger charge is -2.05. The Bertz CT molecular complexity index is 154. The highest BCUT2D eigenvalue weighted by molar-refractivity contribution is 5.75. The second-order valence-electron chi connectivity index (χ2n) is 3.11. The summed E-state index contributed by atoms with van der Waals surface area (Å²) >= 11 is 0. The summed E-state index contributed by atoms with van der Waals surface area (Å²) in [5.41, 5.74) is 5.24. The van der Waals surface area contributed by atoms with Gasteiger partial charge in [0.15, 0.2) is 0 Å². The average Bonchev–Trinajstić information content (AvgIpc) is 2.24. The summed E-state index contributed by atoms with van der Waals surface area (Å²) in [5, 5.41) is 2.73. The molecule has 0 atom stereocenters. The van der Waals surface area contributed by atoms with E-state index in [1.54, 1.807) is 0 Å². The van der Waals surface area contributed by atoms with Crippen molar-refractivity contribution in [1.29, 1.82) is 0 Å². The van der Waals surface area contributed by atoms with E-state index in [0.717, 1.165) is 6.42 Å². The quantitative estimate of drug-likeness (QED) is 0.502. The normalized spacial score (nSPS) is 10.3. The third-order valence-corrected chi connectivity index (χ3v) is 1.65. The van der Waals surface area contributed by atoms with E-state index in [-0.39, 0.29) is 5.91 Å². The molecule has 0 aliphatic heterocycles. The lowest BCUT2D eigenvalue weighted by atomic mass is 10.4. The molecule has 15 heavy (non-hydrogen) atoms. The Balaban J connectivity index is 3.11. The second-order valence-corrected chi connectivity index (χ2v) is 3.11. The van der Waals surface area contributed by atoms with Crippen LogP contribution in [-0.2, 0) is 14.3 Å². The Morgan fingerprint density at radius 3 is 2.60 bits per heavy atom. The van der Waals surface area contributed by atoms with Crippen molar-refractivity contribution in [3.8, 4) is 0 Å². The molecule has 0 spiro atoms. The van der Waals surface area contributed by atoms with Crippen molar-refractivity contribution in [3.63, 3.8) is 0 Å². The van der Waals surface area contributed by atoms with E-state index in [1.165, 1.54) is 0 Å². The smallest absolute Gasteiger partial charge is 0.222 e. The number of nitrogens with two attached hydrogens (primary N) is 1. The van der Waals surface area contributed by atoms with Gasteiger partial charge < -0.3 is 20.5 Å². The van der Waals surface area contributed by atoms with Gasteiger partial charge in [-0.2, -0.15) is 0 Å². The minimum Gasteiger partial charge on any atom is -0.381 e. The lowest BCUT2D eigenvalue weighted by Crippen LogP contribution is -2.28. The molecular formula is C10H22N2O3. The first-order chi connectivity index (χ1) is 7.31. The van der Waals surface area contributed by atoms with Crippen LogP contribution in [0.2, 0.25) is 0 Å². The zero-order valence-corrected chi connectivity index (χ0v) is 9.46. The Labute approximate surface area is 91.3 Å². The topological polar surface area (TPSA) is 73.6 Å².